The smallest absolute Gasteiger partial charge is 0.240 e. The first kappa shape index (κ1) is 17.2. The lowest BCUT2D eigenvalue weighted by molar-refractivity contribution is -0.117. The minimum atomic E-state index is -0.629. The van der Waals surface area contributed by atoms with E-state index in [1.165, 1.54) is 0 Å². The fourth-order valence-corrected chi connectivity index (χ4v) is 2.25. The van der Waals surface area contributed by atoms with Crippen LogP contribution < -0.4 is 5.32 Å². The van der Waals surface area contributed by atoms with E-state index in [2.05, 4.69) is 10.5 Å². The van der Waals surface area contributed by atoms with Crippen LogP contribution in [0.15, 0.2) is 34.9 Å². The summed E-state index contributed by atoms with van der Waals surface area (Å²) in [6.07, 6.45) is -0.629. The van der Waals surface area contributed by atoms with Crippen LogP contribution in [0.25, 0.3) is 0 Å². The number of nitrogens with zero attached hydrogens (tertiary/aromatic N) is 2. The van der Waals surface area contributed by atoms with Crippen molar-refractivity contribution in [2.75, 3.05) is 25.0 Å². The molecule has 2 N–H and O–H groups in total. The zero-order valence-corrected chi connectivity index (χ0v) is 13.7. The lowest BCUT2D eigenvalue weighted by Crippen LogP contribution is -2.36. The molecule has 1 atom stereocenters. The Labute approximate surface area is 136 Å². The molecule has 0 saturated carbocycles. The van der Waals surface area contributed by atoms with Crippen molar-refractivity contribution in [3.63, 3.8) is 0 Å². The average molecular weight is 317 g/mol. The van der Waals surface area contributed by atoms with E-state index in [9.17, 15) is 9.90 Å². The number of aryl methyl sites for hydroxylation is 2. The number of aliphatic hydroxyl groups excluding tert-OH is 1. The summed E-state index contributed by atoms with van der Waals surface area (Å²) >= 11 is 0. The molecule has 6 nitrogen and oxygen atoms in total. The normalized spacial score (nSPS) is 12.4. The topological polar surface area (TPSA) is 78.6 Å². The summed E-state index contributed by atoms with van der Waals surface area (Å²) in [6, 6.07) is 9.41. The highest BCUT2D eigenvalue weighted by atomic mass is 16.5. The molecule has 0 aliphatic heterocycles. The largest absolute Gasteiger partial charge is 0.387 e. The molecule has 0 saturated heterocycles. The van der Waals surface area contributed by atoms with Gasteiger partial charge in [-0.2, -0.15) is 0 Å². The first-order valence-electron chi connectivity index (χ1n) is 7.68. The fourth-order valence-electron chi connectivity index (χ4n) is 2.25. The third kappa shape index (κ3) is 5.19. The summed E-state index contributed by atoms with van der Waals surface area (Å²) in [6.45, 7) is 6.97. The molecule has 1 aromatic heterocycles. The number of nitrogens with one attached hydrogen (secondary N) is 1. The second-order valence-electron chi connectivity index (χ2n) is 5.63. The van der Waals surface area contributed by atoms with Crippen LogP contribution in [0.1, 0.15) is 29.8 Å². The first-order chi connectivity index (χ1) is 11.0. The van der Waals surface area contributed by atoms with Crippen LogP contribution in [0.4, 0.5) is 5.88 Å². The molecule has 0 spiro atoms. The summed E-state index contributed by atoms with van der Waals surface area (Å²) in [5.41, 5.74) is 2.71. The number of hydrogen-bond acceptors (Lipinski definition) is 5. The number of aliphatic hydroxyl groups is 1. The maximum Gasteiger partial charge on any atom is 0.240 e. The number of rotatable bonds is 7. The Morgan fingerprint density at radius 3 is 2.61 bits per heavy atom. The first-order valence-corrected chi connectivity index (χ1v) is 7.68. The van der Waals surface area contributed by atoms with E-state index >= 15 is 0 Å². The van der Waals surface area contributed by atoms with Crippen LogP contribution in [0.3, 0.4) is 0 Å². The Morgan fingerprint density at radius 2 is 2.04 bits per heavy atom. The summed E-state index contributed by atoms with van der Waals surface area (Å²) in [4.78, 5) is 13.9. The fraction of sp³-hybridized carbons (Fsp3) is 0.412. The van der Waals surface area contributed by atoms with Gasteiger partial charge < -0.3 is 9.63 Å². The van der Waals surface area contributed by atoms with Gasteiger partial charge in [-0.15, -0.1) is 0 Å². The van der Waals surface area contributed by atoms with Crippen LogP contribution in [-0.4, -0.2) is 40.7 Å². The molecule has 1 aromatic carbocycles. The SMILES string of the molecule is CCN(CC(=O)Nc1cc(C)no1)CC(O)c1ccc(C)cc1. The van der Waals surface area contributed by atoms with E-state index in [0.717, 1.165) is 11.1 Å². The zero-order valence-electron chi connectivity index (χ0n) is 13.7. The van der Waals surface area contributed by atoms with Crippen LogP contribution in [0, 0.1) is 13.8 Å². The van der Waals surface area contributed by atoms with Gasteiger partial charge >= 0.3 is 0 Å². The molecule has 6 heteroatoms. The summed E-state index contributed by atoms with van der Waals surface area (Å²) in [5, 5.41) is 16.7. The second-order valence-corrected chi connectivity index (χ2v) is 5.63. The van der Waals surface area contributed by atoms with Crippen molar-refractivity contribution < 1.29 is 14.4 Å². The van der Waals surface area contributed by atoms with Gasteiger partial charge in [0.2, 0.25) is 11.8 Å². The lowest BCUT2D eigenvalue weighted by atomic mass is 10.1. The van der Waals surface area contributed by atoms with E-state index in [1.807, 2.05) is 43.0 Å². The van der Waals surface area contributed by atoms with Gasteiger partial charge in [0.15, 0.2) is 0 Å². The quantitative estimate of drug-likeness (QED) is 0.819. The Balaban J connectivity index is 1.88. The molecule has 124 valence electrons. The molecule has 0 radical (unpaired) electrons. The molecule has 0 fully saturated rings. The monoisotopic (exact) mass is 317 g/mol. The van der Waals surface area contributed by atoms with Crippen molar-refractivity contribution in [1.29, 1.82) is 0 Å². The van der Waals surface area contributed by atoms with Gasteiger partial charge in [-0.3, -0.25) is 15.0 Å². The van der Waals surface area contributed by atoms with Crippen molar-refractivity contribution in [2.24, 2.45) is 0 Å². The summed E-state index contributed by atoms with van der Waals surface area (Å²) < 4.78 is 4.96. The standard InChI is InChI=1S/C17H23N3O3/c1-4-20(10-15(21)14-7-5-12(2)6-8-14)11-16(22)18-17-9-13(3)19-23-17/h5-9,15,21H,4,10-11H2,1-3H3,(H,18,22). The molecule has 2 aromatic rings. The zero-order chi connectivity index (χ0) is 16.8. The van der Waals surface area contributed by atoms with Gasteiger partial charge in [-0.25, -0.2) is 0 Å². The average Bonchev–Trinajstić information content (AvgIpc) is 2.92. The van der Waals surface area contributed by atoms with Crippen LogP contribution >= 0.6 is 0 Å². The molecule has 0 aliphatic carbocycles. The van der Waals surface area contributed by atoms with Crippen LogP contribution in [-0.2, 0) is 4.79 Å². The molecule has 23 heavy (non-hydrogen) atoms. The van der Waals surface area contributed by atoms with Crippen molar-refractivity contribution in [3.05, 3.63) is 47.2 Å². The molecule has 1 heterocycles. The lowest BCUT2D eigenvalue weighted by Gasteiger charge is -2.23. The number of aromatic nitrogens is 1. The third-order valence-electron chi connectivity index (χ3n) is 3.60. The van der Waals surface area contributed by atoms with Gasteiger partial charge in [0.1, 0.15) is 0 Å². The molecular formula is C17H23N3O3. The number of benzene rings is 1. The third-order valence-corrected chi connectivity index (χ3v) is 3.60. The van der Waals surface area contributed by atoms with E-state index in [4.69, 9.17) is 4.52 Å². The Bertz CT molecular complexity index is 637. The number of hydrogen-bond donors (Lipinski definition) is 2. The molecule has 0 aliphatic rings. The van der Waals surface area contributed by atoms with Crippen molar-refractivity contribution in [1.82, 2.24) is 10.1 Å². The van der Waals surface area contributed by atoms with Gasteiger partial charge in [0.05, 0.1) is 18.3 Å². The molecule has 2 rings (SSSR count). The van der Waals surface area contributed by atoms with Crippen molar-refractivity contribution in [2.45, 2.75) is 26.9 Å². The second kappa shape index (κ2) is 7.89. The number of carbonyl (C=O) groups is 1. The van der Waals surface area contributed by atoms with Crippen molar-refractivity contribution >= 4 is 11.8 Å². The van der Waals surface area contributed by atoms with Gasteiger partial charge in [0.25, 0.3) is 0 Å². The predicted molar refractivity (Wildman–Crippen MR) is 88.1 cm³/mol. The maximum atomic E-state index is 12.0. The van der Waals surface area contributed by atoms with Crippen LogP contribution in [0.5, 0.6) is 0 Å². The number of likely N-dealkylation sites (N-methyl/N-ethyl adjacent to an activating group) is 1. The Kier molecular flexibility index (Phi) is 5.90. The maximum absolute atomic E-state index is 12.0. The van der Waals surface area contributed by atoms with Gasteiger partial charge in [-0.1, -0.05) is 41.9 Å². The highest BCUT2D eigenvalue weighted by molar-refractivity contribution is 5.90. The van der Waals surface area contributed by atoms with Gasteiger partial charge in [0, 0.05) is 12.6 Å². The number of anilines is 1. The summed E-state index contributed by atoms with van der Waals surface area (Å²) in [7, 11) is 0. The Morgan fingerprint density at radius 1 is 1.35 bits per heavy atom. The predicted octanol–water partition coefficient (Wildman–Crippen LogP) is 2.29. The van der Waals surface area contributed by atoms with E-state index < -0.39 is 6.10 Å². The van der Waals surface area contributed by atoms with E-state index in [0.29, 0.717) is 24.7 Å². The van der Waals surface area contributed by atoms with Crippen molar-refractivity contribution in [3.8, 4) is 0 Å². The molecule has 0 bridgehead atoms. The highest BCUT2D eigenvalue weighted by Gasteiger charge is 2.16. The molecular weight excluding hydrogens is 294 g/mol. The molecule has 1 amide bonds. The van der Waals surface area contributed by atoms with Gasteiger partial charge in [-0.05, 0) is 26.0 Å². The van der Waals surface area contributed by atoms with E-state index in [1.54, 1.807) is 13.0 Å². The number of carbonyl (C=O) groups excluding carboxylic acids is 1. The summed E-state index contributed by atoms with van der Waals surface area (Å²) in [5.74, 6) is 0.141. The highest BCUT2D eigenvalue weighted by Crippen LogP contribution is 2.15. The molecule has 1 unspecified atom stereocenters. The van der Waals surface area contributed by atoms with Crippen LogP contribution in [0.2, 0.25) is 0 Å². The Hall–Kier alpha value is -2.18. The minimum absolute atomic E-state index is 0.180. The number of amides is 1. The van der Waals surface area contributed by atoms with E-state index in [-0.39, 0.29) is 12.5 Å². The minimum Gasteiger partial charge on any atom is -0.387 e.